The number of nitrogens with zero attached hydrogens (tertiary/aromatic N) is 1. The maximum Gasteiger partial charge on any atom is 0.307 e. The number of benzene rings is 1. The number of amides is 1. The van der Waals surface area contributed by atoms with Gasteiger partial charge in [0.25, 0.3) is 0 Å². The number of rotatable bonds is 4. The summed E-state index contributed by atoms with van der Waals surface area (Å²) in [6.45, 7) is 1.32. The zero-order valence-electron chi connectivity index (χ0n) is 14.0. The van der Waals surface area contributed by atoms with E-state index in [0.717, 1.165) is 11.1 Å². The minimum Gasteiger partial charge on any atom is -0.486 e. The zero-order chi connectivity index (χ0) is 17.9. The van der Waals surface area contributed by atoms with E-state index in [9.17, 15) is 9.59 Å². The Morgan fingerprint density at radius 3 is 2.85 bits per heavy atom. The van der Waals surface area contributed by atoms with Crippen LogP contribution >= 0.6 is 0 Å². The lowest BCUT2D eigenvalue weighted by Crippen LogP contribution is -2.32. The summed E-state index contributed by atoms with van der Waals surface area (Å²) in [6.07, 6.45) is 2.78. The third-order valence-electron chi connectivity index (χ3n) is 4.43. The lowest BCUT2D eigenvalue weighted by molar-refractivity contribution is -0.141. The average Bonchev–Trinajstić information content (AvgIpc) is 3.08. The molecule has 3 heterocycles. The summed E-state index contributed by atoms with van der Waals surface area (Å²) < 4.78 is 16.5. The Hall–Kier alpha value is -3.09. The molecule has 2 aliphatic heterocycles. The van der Waals surface area contributed by atoms with Crippen LogP contribution < -0.4 is 14.8 Å². The number of pyridine rings is 1. The van der Waals surface area contributed by atoms with Crippen molar-refractivity contribution >= 4 is 11.9 Å². The van der Waals surface area contributed by atoms with Gasteiger partial charge in [-0.25, -0.2) is 0 Å². The molecular formula is C19H18N2O5. The van der Waals surface area contributed by atoms with E-state index >= 15 is 0 Å². The van der Waals surface area contributed by atoms with Crippen LogP contribution in [0.5, 0.6) is 11.5 Å². The summed E-state index contributed by atoms with van der Waals surface area (Å²) >= 11 is 0. The van der Waals surface area contributed by atoms with Crippen LogP contribution in [0.3, 0.4) is 0 Å². The molecule has 1 aromatic carbocycles. The minimum absolute atomic E-state index is 0.0536. The lowest BCUT2D eigenvalue weighted by Gasteiger charge is -2.22. The molecule has 4 rings (SSSR count). The van der Waals surface area contributed by atoms with Crippen molar-refractivity contribution in [3.05, 3.63) is 53.9 Å². The van der Waals surface area contributed by atoms with Crippen molar-refractivity contribution in [2.24, 2.45) is 5.92 Å². The summed E-state index contributed by atoms with van der Waals surface area (Å²) in [4.78, 5) is 28.5. The highest BCUT2D eigenvalue weighted by Crippen LogP contribution is 2.40. The lowest BCUT2D eigenvalue weighted by atomic mass is 9.94. The molecule has 1 fully saturated rings. The van der Waals surface area contributed by atoms with E-state index in [1.807, 2.05) is 12.1 Å². The first-order chi connectivity index (χ1) is 12.7. The predicted molar refractivity (Wildman–Crippen MR) is 90.5 cm³/mol. The Balaban J connectivity index is 1.50. The minimum atomic E-state index is -0.632. The molecule has 2 unspecified atom stereocenters. The number of hydrogen-bond acceptors (Lipinski definition) is 6. The van der Waals surface area contributed by atoms with Gasteiger partial charge in [0.1, 0.15) is 19.3 Å². The SMILES string of the molecule is O=C1CC(C(=O)NCc2cccnc2)C(c2ccc3c(c2)OCCO3)O1. The van der Waals surface area contributed by atoms with Crippen LogP contribution in [0.1, 0.15) is 23.7 Å². The molecule has 1 saturated heterocycles. The molecule has 1 amide bonds. The van der Waals surface area contributed by atoms with Crippen molar-refractivity contribution in [2.45, 2.75) is 19.1 Å². The molecule has 2 aliphatic rings. The summed E-state index contributed by atoms with van der Waals surface area (Å²) in [7, 11) is 0. The van der Waals surface area contributed by atoms with E-state index in [1.54, 1.807) is 30.6 Å². The third kappa shape index (κ3) is 3.33. The van der Waals surface area contributed by atoms with Gasteiger partial charge >= 0.3 is 5.97 Å². The summed E-state index contributed by atoms with van der Waals surface area (Å²) in [5.74, 6) is 0.0702. The quantitative estimate of drug-likeness (QED) is 0.842. The fourth-order valence-corrected chi connectivity index (χ4v) is 3.15. The monoisotopic (exact) mass is 354 g/mol. The van der Waals surface area contributed by atoms with Gasteiger partial charge in [-0.15, -0.1) is 0 Å². The zero-order valence-corrected chi connectivity index (χ0v) is 14.0. The molecule has 0 spiro atoms. The van der Waals surface area contributed by atoms with E-state index in [2.05, 4.69) is 10.3 Å². The van der Waals surface area contributed by atoms with Crippen molar-refractivity contribution in [1.82, 2.24) is 10.3 Å². The number of nitrogens with one attached hydrogen (secondary N) is 1. The Morgan fingerprint density at radius 2 is 2.04 bits per heavy atom. The first kappa shape index (κ1) is 16.4. The van der Waals surface area contributed by atoms with E-state index in [0.29, 0.717) is 31.3 Å². The highest BCUT2D eigenvalue weighted by atomic mass is 16.6. The van der Waals surface area contributed by atoms with Crippen LogP contribution in [0, 0.1) is 5.92 Å². The molecule has 0 bridgehead atoms. The van der Waals surface area contributed by atoms with E-state index in [1.165, 1.54) is 0 Å². The standard InChI is InChI=1S/C19H18N2O5/c22-17-9-14(19(23)21-11-12-2-1-5-20-10-12)18(26-17)13-3-4-15-16(8-13)25-7-6-24-15/h1-5,8,10,14,18H,6-7,9,11H2,(H,21,23). The van der Waals surface area contributed by atoms with Crippen molar-refractivity contribution in [2.75, 3.05) is 13.2 Å². The van der Waals surface area contributed by atoms with Crippen LogP contribution in [0.25, 0.3) is 0 Å². The molecule has 7 heteroatoms. The predicted octanol–water partition coefficient (Wildman–Crippen LogP) is 1.77. The fourth-order valence-electron chi connectivity index (χ4n) is 3.15. The first-order valence-electron chi connectivity index (χ1n) is 8.46. The number of ether oxygens (including phenoxy) is 3. The van der Waals surface area contributed by atoms with Crippen LogP contribution in [0.2, 0.25) is 0 Å². The van der Waals surface area contributed by atoms with Crippen LogP contribution in [-0.2, 0) is 20.9 Å². The molecule has 26 heavy (non-hydrogen) atoms. The van der Waals surface area contributed by atoms with Crippen LogP contribution in [0.15, 0.2) is 42.7 Å². The van der Waals surface area contributed by atoms with Gasteiger partial charge in [-0.2, -0.15) is 0 Å². The van der Waals surface area contributed by atoms with E-state index < -0.39 is 12.0 Å². The average molecular weight is 354 g/mol. The number of cyclic esters (lactones) is 1. The van der Waals surface area contributed by atoms with Gasteiger partial charge < -0.3 is 19.5 Å². The van der Waals surface area contributed by atoms with Crippen molar-refractivity contribution < 1.29 is 23.8 Å². The van der Waals surface area contributed by atoms with Crippen molar-refractivity contribution in [3.63, 3.8) is 0 Å². The van der Waals surface area contributed by atoms with Crippen LogP contribution in [-0.4, -0.2) is 30.1 Å². The molecule has 2 aromatic rings. The largest absolute Gasteiger partial charge is 0.486 e. The molecule has 1 N–H and O–H groups in total. The molecule has 1 aromatic heterocycles. The summed E-state index contributed by atoms with van der Waals surface area (Å²) in [5, 5.41) is 2.86. The smallest absolute Gasteiger partial charge is 0.307 e. The van der Waals surface area contributed by atoms with Crippen molar-refractivity contribution in [1.29, 1.82) is 0 Å². The van der Waals surface area contributed by atoms with Gasteiger partial charge in [0.05, 0.1) is 12.3 Å². The van der Waals surface area contributed by atoms with Crippen molar-refractivity contribution in [3.8, 4) is 11.5 Å². The van der Waals surface area contributed by atoms with Gasteiger partial charge in [-0.05, 0) is 29.3 Å². The molecule has 134 valence electrons. The van der Waals surface area contributed by atoms with Gasteiger partial charge in [0, 0.05) is 18.9 Å². The van der Waals surface area contributed by atoms with E-state index in [4.69, 9.17) is 14.2 Å². The maximum absolute atomic E-state index is 12.6. The molecular weight excluding hydrogens is 336 g/mol. The number of carbonyl (C=O) groups is 2. The topological polar surface area (TPSA) is 86.8 Å². The highest BCUT2D eigenvalue weighted by Gasteiger charge is 2.41. The second kappa shape index (κ2) is 7.03. The number of esters is 1. The second-order valence-corrected chi connectivity index (χ2v) is 6.20. The van der Waals surface area contributed by atoms with Gasteiger partial charge in [0.2, 0.25) is 5.91 Å². The molecule has 0 aliphatic carbocycles. The molecule has 0 radical (unpaired) electrons. The normalized spacial score (nSPS) is 21.2. The summed E-state index contributed by atoms with van der Waals surface area (Å²) in [5.41, 5.74) is 1.61. The summed E-state index contributed by atoms with van der Waals surface area (Å²) in [6, 6.07) is 9.04. The van der Waals surface area contributed by atoms with Gasteiger partial charge in [-0.1, -0.05) is 12.1 Å². The van der Waals surface area contributed by atoms with Crippen LogP contribution in [0.4, 0.5) is 0 Å². The van der Waals surface area contributed by atoms with Gasteiger partial charge in [-0.3, -0.25) is 14.6 Å². The van der Waals surface area contributed by atoms with E-state index in [-0.39, 0.29) is 18.3 Å². The Morgan fingerprint density at radius 1 is 1.19 bits per heavy atom. The number of aromatic nitrogens is 1. The fraction of sp³-hybridized carbons (Fsp3) is 0.316. The Labute approximate surface area is 150 Å². The Bertz CT molecular complexity index is 824. The van der Waals surface area contributed by atoms with Gasteiger partial charge in [0.15, 0.2) is 11.5 Å². The first-order valence-corrected chi connectivity index (χ1v) is 8.46. The number of hydrogen-bond donors (Lipinski definition) is 1. The molecule has 7 nitrogen and oxygen atoms in total. The molecule has 0 saturated carbocycles. The third-order valence-corrected chi connectivity index (χ3v) is 4.43. The second-order valence-electron chi connectivity index (χ2n) is 6.20. The molecule has 2 atom stereocenters. The number of carbonyl (C=O) groups excluding carboxylic acids is 2. The Kier molecular flexibility index (Phi) is 4.43. The number of fused-ring (bicyclic) bond motifs is 1. The maximum atomic E-state index is 12.6. The highest BCUT2D eigenvalue weighted by molar-refractivity contribution is 5.87.